The molecule has 3 rings (SSSR count). The van der Waals surface area contributed by atoms with Gasteiger partial charge in [0.25, 0.3) is 5.91 Å². The summed E-state index contributed by atoms with van der Waals surface area (Å²) in [5, 5.41) is 9.91. The normalized spacial score (nSPS) is 14.5. The summed E-state index contributed by atoms with van der Waals surface area (Å²) in [6.45, 7) is 0. The Hall–Kier alpha value is -2.24. The van der Waals surface area contributed by atoms with E-state index in [-0.39, 0.29) is 11.6 Å². The molecule has 2 aromatic rings. The Morgan fingerprint density at radius 2 is 2.11 bits per heavy atom. The van der Waals surface area contributed by atoms with Gasteiger partial charge in [-0.3, -0.25) is 10.1 Å². The van der Waals surface area contributed by atoms with Gasteiger partial charge in [-0.2, -0.15) is 0 Å². The summed E-state index contributed by atoms with van der Waals surface area (Å²) in [6, 6.07) is 5.72. The monoisotopic (exact) mass is 247 g/mol. The van der Waals surface area contributed by atoms with Gasteiger partial charge in [-0.25, -0.2) is 4.39 Å². The molecule has 0 unspecified atom stereocenters. The molecular weight excluding hydrogens is 237 g/mol. The standard InChI is InChI=1S/C12H10FN3O2/c13-9-4-2-1-3-8(9)10(17)14-12-16-15-11(18-12)7-5-6-7/h1-4,7H,5-6H2,(H,14,16,17). The smallest absolute Gasteiger partial charge is 0.322 e. The van der Waals surface area contributed by atoms with Crippen LogP contribution in [0, 0.1) is 5.82 Å². The van der Waals surface area contributed by atoms with Crippen LogP contribution in [0.4, 0.5) is 10.4 Å². The molecule has 0 radical (unpaired) electrons. The lowest BCUT2D eigenvalue weighted by Crippen LogP contribution is -2.13. The third-order valence-corrected chi connectivity index (χ3v) is 2.71. The number of nitrogens with zero attached hydrogens (tertiary/aromatic N) is 2. The molecule has 1 aliphatic carbocycles. The second-order valence-electron chi connectivity index (χ2n) is 4.15. The van der Waals surface area contributed by atoms with E-state index in [2.05, 4.69) is 15.5 Å². The van der Waals surface area contributed by atoms with Gasteiger partial charge in [0.15, 0.2) is 0 Å². The molecule has 1 aliphatic rings. The Kier molecular flexibility index (Phi) is 2.55. The van der Waals surface area contributed by atoms with Crippen LogP contribution >= 0.6 is 0 Å². The van der Waals surface area contributed by atoms with Gasteiger partial charge in [-0.15, -0.1) is 5.10 Å². The highest BCUT2D eigenvalue weighted by atomic mass is 19.1. The van der Waals surface area contributed by atoms with Gasteiger partial charge in [-0.1, -0.05) is 17.2 Å². The summed E-state index contributed by atoms with van der Waals surface area (Å²) in [5.41, 5.74) is -0.0522. The van der Waals surface area contributed by atoms with Gasteiger partial charge in [-0.05, 0) is 25.0 Å². The molecule has 1 aromatic heterocycles. The summed E-state index contributed by atoms with van der Waals surface area (Å²) < 4.78 is 18.6. The van der Waals surface area contributed by atoms with E-state index in [0.717, 1.165) is 12.8 Å². The fourth-order valence-corrected chi connectivity index (χ4v) is 1.59. The van der Waals surface area contributed by atoms with E-state index in [1.54, 1.807) is 6.07 Å². The van der Waals surface area contributed by atoms with Crippen molar-refractivity contribution in [2.24, 2.45) is 0 Å². The molecule has 1 saturated carbocycles. The van der Waals surface area contributed by atoms with Crippen molar-refractivity contribution in [3.05, 3.63) is 41.5 Å². The molecule has 5 nitrogen and oxygen atoms in total. The Bertz CT molecular complexity index is 593. The van der Waals surface area contributed by atoms with Crippen LogP contribution in [-0.2, 0) is 0 Å². The van der Waals surface area contributed by atoms with Crippen LogP contribution in [-0.4, -0.2) is 16.1 Å². The molecule has 1 fully saturated rings. The van der Waals surface area contributed by atoms with E-state index in [9.17, 15) is 9.18 Å². The molecule has 1 aromatic carbocycles. The average Bonchev–Trinajstić information content (AvgIpc) is 3.11. The van der Waals surface area contributed by atoms with Crippen molar-refractivity contribution in [1.29, 1.82) is 0 Å². The lowest BCUT2D eigenvalue weighted by Gasteiger charge is -2.01. The minimum Gasteiger partial charge on any atom is -0.408 e. The molecule has 1 amide bonds. The van der Waals surface area contributed by atoms with Crippen molar-refractivity contribution in [3.8, 4) is 0 Å². The Morgan fingerprint density at radius 1 is 1.33 bits per heavy atom. The number of carbonyl (C=O) groups is 1. The highest BCUT2D eigenvalue weighted by molar-refractivity contribution is 6.03. The van der Waals surface area contributed by atoms with Gasteiger partial charge in [0.1, 0.15) is 5.82 Å². The predicted octanol–water partition coefficient (Wildman–Crippen LogP) is 2.34. The molecule has 18 heavy (non-hydrogen) atoms. The second kappa shape index (κ2) is 4.21. The van der Waals surface area contributed by atoms with Crippen LogP contribution in [0.1, 0.15) is 35.0 Å². The van der Waals surface area contributed by atoms with Crippen LogP contribution < -0.4 is 5.32 Å². The van der Waals surface area contributed by atoms with E-state index in [0.29, 0.717) is 11.8 Å². The first-order valence-corrected chi connectivity index (χ1v) is 5.63. The maximum atomic E-state index is 13.4. The largest absolute Gasteiger partial charge is 0.408 e. The molecule has 0 spiro atoms. The first kappa shape index (κ1) is 10.9. The summed E-state index contributed by atoms with van der Waals surface area (Å²) in [4.78, 5) is 11.8. The fraction of sp³-hybridized carbons (Fsp3) is 0.250. The zero-order chi connectivity index (χ0) is 12.5. The predicted molar refractivity (Wildman–Crippen MR) is 60.6 cm³/mol. The maximum absolute atomic E-state index is 13.4. The topological polar surface area (TPSA) is 68.0 Å². The van der Waals surface area contributed by atoms with Crippen molar-refractivity contribution in [2.45, 2.75) is 18.8 Å². The molecule has 1 N–H and O–H groups in total. The number of nitrogens with one attached hydrogen (secondary N) is 1. The number of halogens is 1. The van der Waals surface area contributed by atoms with Crippen LogP contribution in [0.2, 0.25) is 0 Å². The lowest BCUT2D eigenvalue weighted by molar-refractivity contribution is 0.102. The fourth-order valence-electron chi connectivity index (χ4n) is 1.59. The first-order chi connectivity index (χ1) is 8.74. The van der Waals surface area contributed by atoms with E-state index >= 15 is 0 Å². The van der Waals surface area contributed by atoms with Gasteiger partial charge >= 0.3 is 6.01 Å². The van der Waals surface area contributed by atoms with E-state index < -0.39 is 11.7 Å². The Balaban J connectivity index is 1.75. The number of amides is 1. The molecule has 0 saturated heterocycles. The number of hydrogen-bond donors (Lipinski definition) is 1. The van der Waals surface area contributed by atoms with Crippen molar-refractivity contribution in [2.75, 3.05) is 5.32 Å². The zero-order valence-electron chi connectivity index (χ0n) is 9.39. The van der Waals surface area contributed by atoms with E-state index in [1.807, 2.05) is 0 Å². The Morgan fingerprint density at radius 3 is 2.83 bits per heavy atom. The summed E-state index contributed by atoms with van der Waals surface area (Å²) in [6.07, 6.45) is 2.06. The molecule has 0 bridgehead atoms. The molecule has 1 heterocycles. The minimum absolute atomic E-state index is 0.00477. The van der Waals surface area contributed by atoms with E-state index in [1.165, 1.54) is 18.2 Å². The number of carbonyl (C=O) groups excluding carboxylic acids is 1. The van der Waals surface area contributed by atoms with Gasteiger partial charge in [0.05, 0.1) is 5.56 Å². The van der Waals surface area contributed by atoms with E-state index in [4.69, 9.17) is 4.42 Å². The van der Waals surface area contributed by atoms with Gasteiger partial charge < -0.3 is 4.42 Å². The number of benzene rings is 1. The zero-order valence-corrected chi connectivity index (χ0v) is 9.39. The number of aromatic nitrogens is 2. The third kappa shape index (κ3) is 2.09. The first-order valence-electron chi connectivity index (χ1n) is 5.63. The molecule has 92 valence electrons. The van der Waals surface area contributed by atoms with Gasteiger partial charge in [0.2, 0.25) is 5.89 Å². The summed E-state index contributed by atoms with van der Waals surface area (Å²) in [5.74, 6) is -0.341. The summed E-state index contributed by atoms with van der Waals surface area (Å²) in [7, 11) is 0. The summed E-state index contributed by atoms with van der Waals surface area (Å²) >= 11 is 0. The van der Waals surface area contributed by atoms with Gasteiger partial charge in [0, 0.05) is 5.92 Å². The van der Waals surface area contributed by atoms with Crippen molar-refractivity contribution < 1.29 is 13.6 Å². The third-order valence-electron chi connectivity index (χ3n) is 2.71. The second-order valence-corrected chi connectivity index (χ2v) is 4.15. The highest BCUT2D eigenvalue weighted by Gasteiger charge is 2.29. The molecule has 0 aliphatic heterocycles. The van der Waals surface area contributed by atoms with Crippen molar-refractivity contribution in [1.82, 2.24) is 10.2 Å². The highest BCUT2D eigenvalue weighted by Crippen LogP contribution is 2.39. The SMILES string of the molecule is O=C(Nc1nnc(C2CC2)o1)c1ccccc1F. The van der Waals surface area contributed by atoms with Crippen molar-refractivity contribution >= 4 is 11.9 Å². The molecule has 6 heteroatoms. The van der Waals surface area contributed by atoms with Crippen molar-refractivity contribution in [3.63, 3.8) is 0 Å². The number of anilines is 1. The maximum Gasteiger partial charge on any atom is 0.322 e. The van der Waals surface area contributed by atoms with Crippen LogP contribution in [0.5, 0.6) is 0 Å². The quantitative estimate of drug-likeness (QED) is 0.903. The Labute approximate surface area is 102 Å². The number of rotatable bonds is 3. The molecule has 0 atom stereocenters. The molecular formula is C12H10FN3O2. The minimum atomic E-state index is -0.598. The average molecular weight is 247 g/mol. The van der Waals surface area contributed by atoms with Crippen LogP contribution in [0.25, 0.3) is 0 Å². The van der Waals surface area contributed by atoms with Crippen LogP contribution in [0.15, 0.2) is 28.7 Å². The lowest BCUT2D eigenvalue weighted by atomic mass is 10.2. The van der Waals surface area contributed by atoms with Crippen LogP contribution in [0.3, 0.4) is 0 Å². The number of hydrogen-bond acceptors (Lipinski definition) is 4.